The van der Waals surface area contributed by atoms with Crippen LogP contribution >= 0.6 is 11.3 Å². The number of fused-ring (bicyclic) bond motifs is 1. The summed E-state index contributed by atoms with van der Waals surface area (Å²) in [5.41, 5.74) is 2.53. The van der Waals surface area contributed by atoms with Crippen molar-refractivity contribution >= 4 is 28.9 Å². The maximum atomic E-state index is 12.5. The Labute approximate surface area is 169 Å². The number of carbonyl (C=O) groups is 3. The van der Waals surface area contributed by atoms with Crippen molar-refractivity contribution in [3.8, 4) is 0 Å². The van der Waals surface area contributed by atoms with Crippen molar-refractivity contribution in [2.45, 2.75) is 45.1 Å². The minimum absolute atomic E-state index is 0.00212. The van der Waals surface area contributed by atoms with E-state index in [0.717, 1.165) is 12.8 Å². The molecule has 1 unspecified atom stereocenters. The SMILES string of the molecule is CC(CCNC(=O)CCC(=O)c1cccs1)NC(=O)C1Cc2ccccc2C1. The van der Waals surface area contributed by atoms with Crippen molar-refractivity contribution in [2.75, 3.05) is 6.54 Å². The van der Waals surface area contributed by atoms with Gasteiger partial charge in [0.1, 0.15) is 0 Å². The zero-order valence-electron chi connectivity index (χ0n) is 16.1. The predicted octanol–water partition coefficient (Wildman–Crippen LogP) is 3.14. The second kappa shape index (κ2) is 9.64. The first-order valence-electron chi connectivity index (χ1n) is 9.73. The van der Waals surface area contributed by atoms with Crippen molar-refractivity contribution in [2.24, 2.45) is 5.92 Å². The molecule has 0 aliphatic heterocycles. The zero-order chi connectivity index (χ0) is 19.9. The Balaban J connectivity index is 1.31. The molecule has 2 N–H and O–H groups in total. The maximum Gasteiger partial charge on any atom is 0.223 e. The Morgan fingerprint density at radius 3 is 2.43 bits per heavy atom. The second-order valence-corrected chi connectivity index (χ2v) is 8.27. The molecule has 5 nitrogen and oxygen atoms in total. The highest BCUT2D eigenvalue weighted by Crippen LogP contribution is 2.26. The number of rotatable bonds is 9. The van der Waals surface area contributed by atoms with Gasteiger partial charge in [0, 0.05) is 31.3 Å². The lowest BCUT2D eigenvalue weighted by atomic mass is 10.0. The molecular formula is C22H26N2O3S. The molecule has 0 saturated heterocycles. The van der Waals surface area contributed by atoms with Crippen LogP contribution in [0, 0.1) is 5.92 Å². The van der Waals surface area contributed by atoms with Crippen LogP contribution in [0.1, 0.15) is 47.0 Å². The van der Waals surface area contributed by atoms with Crippen LogP contribution in [0.4, 0.5) is 0 Å². The molecule has 2 aromatic rings. The topological polar surface area (TPSA) is 75.3 Å². The van der Waals surface area contributed by atoms with Gasteiger partial charge in [0.2, 0.25) is 11.8 Å². The van der Waals surface area contributed by atoms with Gasteiger partial charge in [-0.1, -0.05) is 30.3 Å². The number of Topliss-reactive ketones (excluding diaryl/α,β-unsaturated/α-hetero) is 1. The standard InChI is InChI=1S/C22H26N2O3S/c1-15(24-22(27)18-13-16-5-2-3-6-17(16)14-18)10-11-23-21(26)9-8-19(25)20-7-4-12-28-20/h2-7,12,15,18H,8-11,13-14H2,1H3,(H,23,26)(H,24,27). The molecule has 0 saturated carbocycles. The van der Waals surface area contributed by atoms with Crippen molar-refractivity contribution in [1.82, 2.24) is 10.6 Å². The molecule has 1 atom stereocenters. The normalized spacial score (nSPS) is 14.3. The van der Waals surface area contributed by atoms with Gasteiger partial charge in [-0.2, -0.15) is 0 Å². The summed E-state index contributed by atoms with van der Waals surface area (Å²) in [4.78, 5) is 37.0. The van der Waals surface area contributed by atoms with E-state index in [1.807, 2.05) is 30.5 Å². The summed E-state index contributed by atoms with van der Waals surface area (Å²) >= 11 is 1.40. The van der Waals surface area contributed by atoms with E-state index < -0.39 is 0 Å². The predicted molar refractivity (Wildman–Crippen MR) is 110 cm³/mol. The Bertz CT molecular complexity index is 807. The first-order valence-corrected chi connectivity index (χ1v) is 10.6. The zero-order valence-corrected chi connectivity index (χ0v) is 16.9. The summed E-state index contributed by atoms with van der Waals surface area (Å²) < 4.78 is 0. The summed E-state index contributed by atoms with van der Waals surface area (Å²) in [6.45, 7) is 2.44. The summed E-state index contributed by atoms with van der Waals surface area (Å²) in [7, 11) is 0. The number of nitrogens with one attached hydrogen (secondary N) is 2. The van der Waals surface area contributed by atoms with Crippen LogP contribution in [-0.4, -0.2) is 30.2 Å². The third-order valence-electron chi connectivity index (χ3n) is 5.09. The summed E-state index contributed by atoms with van der Waals surface area (Å²) in [5, 5.41) is 7.74. The van der Waals surface area contributed by atoms with E-state index >= 15 is 0 Å². The molecule has 1 heterocycles. The summed E-state index contributed by atoms with van der Waals surface area (Å²) in [6.07, 6.45) is 2.67. The molecule has 0 fully saturated rings. The molecule has 6 heteroatoms. The lowest BCUT2D eigenvalue weighted by molar-refractivity contribution is -0.125. The van der Waals surface area contributed by atoms with Crippen LogP contribution in [0.5, 0.6) is 0 Å². The number of amides is 2. The Kier molecular flexibility index (Phi) is 6.98. The van der Waals surface area contributed by atoms with Gasteiger partial charge in [0.15, 0.2) is 5.78 Å². The second-order valence-electron chi connectivity index (χ2n) is 7.32. The van der Waals surface area contributed by atoms with E-state index in [-0.39, 0.29) is 42.4 Å². The fraction of sp³-hybridized carbons (Fsp3) is 0.409. The molecular weight excluding hydrogens is 372 g/mol. The fourth-order valence-corrected chi connectivity index (χ4v) is 4.18. The molecule has 0 radical (unpaired) electrons. The Morgan fingerprint density at radius 1 is 1.07 bits per heavy atom. The van der Waals surface area contributed by atoms with Crippen molar-refractivity contribution in [1.29, 1.82) is 0 Å². The number of benzene rings is 1. The molecule has 0 bridgehead atoms. The third-order valence-corrected chi connectivity index (χ3v) is 6.00. The molecule has 3 rings (SSSR count). The Morgan fingerprint density at radius 2 is 1.79 bits per heavy atom. The molecule has 1 aromatic carbocycles. The quantitative estimate of drug-likeness (QED) is 0.637. The average molecular weight is 399 g/mol. The van der Waals surface area contributed by atoms with E-state index in [4.69, 9.17) is 0 Å². The molecule has 1 aromatic heterocycles. The van der Waals surface area contributed by atoms with Gasteiger partial charge >= 0.3 is 0 Å². The first-order chi connectivity index (χ1) is 13.5. The van der Waals surface area contributed by atoms with E-state index in [1.54, 1.807) is 6.07 Å². The summed E-state index contributed by atoms with van der Waals surface area (Å²) in [5.74, 6) is -0.0488. The minimum atomic E-state index is -0.130. The van der Waals surface area contributed by atoms with Crippen LogP contribution in [0.3, 0.4) is 0 Å². The van der Waals surface area contributed by atoms with Crippen molar-refractivity contribution in [3.63, 3.8) is 0 Å². The van der Waals surface area contributed by atoms with Crippen LogP contribution in [-0.2, 0) is 22.4 Å². The van der Waals surface area contributed by atoms with Gasteiger partial charge in [-0.25, -0.2) is 0 Å². The monoisotopic (exact) mass is 398 g/mol. The van der Waals surface area contributed by atoms with Gasteiger partial charge in [0.05, 0.1) is 4.88 Å². The summed E-state index contributed by atoms with van der Waals surface area (Å²) in [6, 6.07) is 11.8. The van der Waals surface area contributed by atoms with Crippen LogP contribution in [0.25, 0.3) is 0 Å². The fourth-order valence-electron chi connectivity index (χ4n) is 3.48. The van der Waals surface area contributed by atoms with E-state index in [2.05, 4.69) is 22.8 Å². The first kappa shape index (κ1) is 20.3. The maximum absolute atomic E-state index is 12.5. The van der Waals surface area contributed by atoms with Crippen molar-refractivity contribution in [3.05, 3.63) is 57.8 Å². The van der Waals surface area contributed by atoms with Crippen LogP contribution in [0.15, 0.2) is 41.8 Å². The van der Waals surface area contributed by atoms with E-state index in [1.165, 1.54) is 22.5 Å². The average Bonchev–Trinajstić information content (AvgIpc) is 3.35. The lowest BCUT2D eigenvalue weighted by Gasteiger charge is -2.17. The largest absolute Gasteiger partial charge is 0.356 e. The minimum Gasteiger partial charge on any atom is -0.356 e. The molecule has 28 heavy (non-hydrogen) atoms. The smallest absolute Gasteiger partial charge is 0.223 e. The van der Waals surface area contributed by atoms with Crippen LogP contribution < -0.4 is 10.6 Å². The highest BCUT2D eigenvalue weighted by atomic mass is 32.1. The van der Waals surface area contributed by atoms with Gasteiger partial charge in [-0.05, 0) is 48.8 Å². The lowest BCUT2D eigenvalue weighted by Crippen LogP contribution is -2.39. The Hall–Kier alpha value is -2.47. The van der Waals surface area contributed by atoms with E-state index in [9.17, 15) is 14.4 Å². The highest BCUT2D eigenvalue weighted by molar-refractivity contribution is 7.12. The van der Waals surface area contributed by atoms with Gasteiger partial charge < -0.3 is 10.6 Å². The van der Waals surface area contributed by atoms with Crippen molar-refractivity contribution < 1.29 is 14.4 Å². The molecule has 2 amide bonds. The third kappa shape index (κ3) is 5.52. The number of ketones is 1. The van der Waals surface area contributed by atoms with Crippen LogP contribution in [0.2, 0.25) is 0 Å². The molecule has 148 valence electrons. The molecule has 1 aliphatic rings. The number of hydrogen-bond donors (Lipinski definition) is 2. The number of hydrogen-bond acceptors (Lipinski definition) is 4. The van der Waals surface area contributed by atoms with Gasteiger partial charge in [0.25, 0.3) is 0 Å². The molecule has 0 spiro atoms. The van der Waals surface area contributed by atoms with E-state index in [0.29, 0.717) is 17.8 Å². The number of thiophene rings is 1. The molecule has 1 aliphatic carbocycles. The highest BCUT2D eigenvalue weighted by Gasteiger charge is 2.27. The van der Waals surface area contributed by atoms with Gasteiger partial charge in [-0.15, -0.1) is 11.3 Å². The number of carbonyl (C=O) groups excluding carboxylic acids is 3. The van der Waals surface area contributed by atoms with Gasteiger partial charge in [-0.3, -0.25) is 14.4 Å².